The molecule has 2 saturated carbocycles. The summed E-state index contributed by atoms with van der Waals surface area (Å²) in [5.74, 6) is 0.823. The van der Waals surface area contributed by atoms with Crippen LogP contribution in [-0.2, 0) is 6.18 Å². The molecule has 1 heterocycles. The molecule has 2 aliphatic rings. The summed E-state index contributed by atoms with van der Waals surface area (Å²) in [7, 11) is 0. The van der Waals surface area contributed by atoms with Gasteiger partial charge in [0.15, 0.2) is 0 Å². The van der Waals surface area contributed by atoms with Crippen molar-refractivity contribution >= 4 is 11.4 Å². The van der Waals surface area contributed by atoms with Crippen LogP contribution in [0.4, 0.5) is 18.9 Å². The molecule has 2 bridgehead atoms. The van der Waals surface area contributed by atoms with Crippen molar-refractivity contribution in [1.82, 2.24) is 4.68 Å². The van der Waals surface area contributed by atoms with E-state index >= 15 is 0 Å². The lowest BCUT2D eigenvalue weighted by Gasteiger charge is -2.17. The van der Waals surface area contributed by atoms with Crippen molar-refractivity contribution in [2.75, 3.05) is 0 Å². The molecule has 138 valence electrons. The molecule has 2 atom stereocenters. The molecule has 4 nitrogen and oxygen atoms in total. The van der Waals surface area contributed by atoms with Gasteiger partial charge in [-0.25, -0.2) is 9.52 Å². The second kappa shape index (κ2) is 6.38. The lowest BCUT2D eigenvalue weighted by atomic mass is 9.99. The van der Waals surface area contributed by atoms with E-state index in [1.165, 1.54) is 0 Å². The quantitative estimate of drug-likeness (QED) is 0.676. The second-order valence-electron chi connectivity index (χ2n) is 7.06. The van der Waals surface area contributed by atoms with Crippen molar-refractivity contribution in [3.63, 3.8) is 0 Å². The van der Waals surface area contributed by atoms with Gasteiger partial charge in [0.25, 0.3) is 11.2 Å². The smallest absolute Gasteiger partial charge is 0.281 e. The lowest BCUT2D eigenvalue weighted by Crippen LogP contribution is -2.24. The third-order valence-corrected chi connectivity index (χ3v) is 5.38. The Kier molecular flexibility index (Phi) is 4.14. The summed E-state index contributed by atoms with van der Waals surface area (Å²) in [6, 6.07) is 9.23. The first-order valence-corrected chi connectivity index (χ1v) is 8.76. The molecular formula is C20H16F3N3O. The number of fused-ring (bicyclic) bond motifs is 2. The molecule has 0 amide bonds. The minimum Gasteiger partial charge on any atom is -0.281 e. The van der Waals surface area contributed by atoms with E-state index in [0.717, 1.165) is 42.1 Å². The Hall–Kier alpha value is -2.88. The van der Waals surface area contributed by atoms with Crippen LogP contribution in [-0.4, -0.2) is 10.4 Å². The van der Waals surface area contributed by atoms with Gasteiger partial charge >= 0.3 is 6.18 Å². The first-order chi connectivity index (χ1) is 12.9. The molecule has 0 spiro atoms. The molecule has 2 aliphatic carbocycles. The van der Waals surface area contributed by atoms with Crippen LogP contribution >= 0.6 is 0 Å². The van der Waals surface area contributed by atoms with Crippen LogP contribution < -0.4 is 5.56 Å². The first kappa shape index (κ1) is 17.5. The normalized spacial score (nSPS) is 23.0. The first-order valence-electron chi connectivity index (χ1n) is 8.76. The Morgan fingerprint density at radius 1 is 1.19 bits per heavy atom. The average Bonchev–Trinajstić information content (AvgIpc) is 3.26. The minimum atomic E-state index is -4.79. The third-order valence-electron chi connectivity index (χ3n) is 5.38. The summed E-state index contributed by atoms with van der Waals surface area (Å²) in [6.45, 7) is 7.11. The number of nitrogens with zero attached hydrogens (tertiary/aromatic N) is 3. The number of hydrogen-bond donors (Lipinski definition) is 0. The van der Waals surface area contributed by atoms with Gasteiger partial charge in [0.05, 0.1) is 17.8 Å². The summed E-state index contributed by atoms with van der Waals surface area (Å²) >= 11 is 0. The lowest BCUT2D eigenvalue weighted by molar-refractivity contribution is -0.136. The maximum absolute atomic E-state index is 13.4. The highest BCUT2D eigenvalue weighted by Crippen LogP contribution is 2.43. The van der Waals surface area contributed by atoms with E-state index in [9.17, 15) is 18.0 Å². The number of hydrogen-bond acceptors (Lipinski definition) is 2. The Bertz CT molecular complexity index is 1020. The molecule has 2 aromatic rings. The van der Waals surface area contributed by atoms with Crippen molar-refractivity contribution in [2.45, 2.75) is 31.9 Å². The zero-order valence-corrected chi connectivity index (χ0v) is 14.3. The minimum absolute atomic E-state index is 0.0515. The van der Waals surface area contributed by atoms with Gasteiger partial charge in [0, 0.05) is 11.3 Å². The van der Waals surface area contributed by atoms with Crippen molar-refractivity contribution in [3.8, 4) is 11.3 Å². The molecule has 2 fully saturated rings. The van der Waals surface area contributed by atoms with Gasteiger partial charge in [-0.15, -0.1) is 0 Å². The van der Waals surface area contributed by atoms with Crippen molar-refractivity contribution in [2.24, 2.45) is 16.9 Å². The van der Waals surface area contributed by atoms with Gasteiger partial charge in [-0.3, -0.25) is 4.79 Å². The largest absolute Gasteiger partial charge is 0.407 e. The zero-order valence-electron chi connectivity index (χ0n) is 14.3. The van der Waals surface area contributed by atoms with Gasteiger partial charge < -0.3 is 0 Å². The Balaban J connectivity index is 1.98. The fourth-order valence-corrected chi connectivity index (χ4v) is 4.11. The van der Waals surface area contributed by atoms with Crippen LogP contribution in [0.2, 0.25) is 0 Å². The van der Waals surface area contributed by atoms with Crippen molar-refractivity contribution < 1.29 is 13.2 Å². The monoisotopic (exact) mass is 371 g/mol. The van der Waals surface area contributed by atoms with Gasteiger partial charge in [-0.05, 0) is 43.6 Å². The summed E-state index contributed by atoms with van der Waals surface area (Å²) < 4.78 is 41.3. The van der Waals surface area contributed by atoms with E-state index in [4.69, 9.17) is 6.57 Å². The molecular weight excluding hydrogens is 355 g/mol. The highest BCUT2D eigenvalue weighted by molar-refractivity contribution is 5.90. The Labute approximate surface area is 153 Å². The molecule has 0 unspecified atom stereocenters. The fraction of sp³-hybridized carbons (Fsp3) is 0.350. The van der Waals surface area contributed by atoms with Crippen molar-refractivity contribution in [1.29, 1.82) is 0 Å². The highest BCUT2D eigenvalue weighted by Gasteiger charge is 2.39. The van der Waals surface area contributed by atoms with E-state index in [-0.39, 0.29) is 11.6 Å². The van der Waals surface area contributed by atoms with Crippen molar-refractivity contribution in [3.05, 3.63) is 63.7 Å². The van der Waals surface area contributed by atoms with Crippen LogP contribution in [0, 0.1) is 18.4 Å². The number of alkyl halides is 3. The predicted octanol–water partition coefficient (Wildman–Crippen LogP) is 5.11. The third kappa shape index (κ3) is 3.05. The average molecular weight is 371 g/mol. The number of benzene rings is 1. The molecule has 0 aliphatic heterocycles. The fourth-order valence-electron chi connectivity index (χ4n) is 4.11. The van der Waals surface area contributed by atoms with Crippen LogP contribution in [0.5, 0.6) is 0 Å². The van der Waals surface area contributed by atoms with Crippen LogP contribution in [0.3, 0.4) is 0 Å². The van der Waals surface area contributed by atoms with E-state index in [1.807, 2.05) is 0 Å². The topological polar surface area (TPSA) is 38.7 Å². The molecule has 7 heteroatoms. The number of pyridine rings is 1. The van der Waals surface area contributed by atoms with E-state index in [1.54, 1.807) is 30.3 Å². The highest BCUT2D eigenvalue weighted by atomic mass is 19.4. The predicted molar refractivity (Wildman–Crippen MR) is 95.7 cm³/mol. The van der Waals surface area contributed by atoms with E-state index in [0.29, 0.717) is 11.5 Å². The van der Waals surface area contributed by atoms with Crippen LogP contribution in [0.1, 0.15) is 31.2 Å². The van der Waals surface area contributed by atoms with Gasteiger partial charge in [0.1, 0.15) is 0 Å². The molecule has 0 radical (unpaired) electrons. The summed E-state index contributed by atoms with van der Waals surface area (Å²) in [6.07, 6.45) is -0.884. The summed E-state index contributed by atoms with van der Waals surface area (Å²) in [5.41, 5.74) is -1.82. The van der Waals surface area contributed by atoms with Gasteiger partial charge in [0.2, 0.25) is 0 Å². The number of aromatic nitrogens is 1. The maximum atomic E-state index is 13.4. The molecule has 0 saturated heterocycles. The zero-order chi connectivity index (χ0) is 19.2. The SMILES string of the molecule is [C-]#[N+]c1c(C(F)(F)F)cc(-c2ccccc2)n(/N=C2\C[C@@H]3CC[C@@H]2C3)c1=O. The summed E-state index contributed by atoms with van der Waals surface area (Å²) in [4.78, 5) is 15.7. The Morgan fingerprint density at radius 2 is 1.93 bits per heavy atom. The van der Waals surface area contributed by atoms with Crippen LogP contribution in [0.25, 0.3) is 16.1 Å². The van der Waals surface area contributed by atoms with Crippen LogP contribution in [0.15, 0.2) is 46.3 Å². The molecule has 4 rings (SSSR count). The molecule has 1 aromatic heterocycles. The number of rotatable bonds is 2. The second-order valence-corrected chi connectivity index (χ2v) is 7.06. The van der Waals surface area contributed by atoms with E-state index in [2.05, 4.69) is 9.95 Å². The maximum Gasteiger partial charge on any atom is 0.407 e. The molecule has 0 N–H and O–H groups in total. The molecule has 27 heavy (non-hydrogen) atoms. The molecule has 1 aromatic carbocycles. The standard InChI is InChI=1S/C20H16F3N3O/c1-24-18-15(20(21,22)23)11-17(13-5-3-2-4-6-13)26(19(18)27)25-16-10-12-7-8-14(16)9-12/h2-6,11-12,14H,7-10H2/b25-16+/t12-,14-/m1/s1. The summed E-state index contributed by atoms with van der Waals surface area (Å²) in [5, 5.41) is 4.46. The Morgan fingerprint density at radius 3 is 2.48 bits per heavy atom. The van der Waals surface area contributed by atoms with Gasteiger partial charge in [-0.1, -0.05) is 30.3 Å². The number of halogens is 3. The van der Waals surface area contributed by atoms with Gasteiger partial charge in [-0.2, -0.15) is 18.3 Å². The van der Waals surface area contributed by atoms with E-state index < -0.39 is 23.0 Å².